The Morgan fingerprint density at radius 1 is 1.35 bits per heavy atom. The molecule has 92 valence electrons. The molecular formula is C12H15NO3S. The lowest BCUT2D eigenvalue weighted by Gasteiger charge is -2.04. The quantitative estimate of drug-likeness (QED) is 0.458. The molecule has 0 saturated heterocycles. The van der Waals surface area contributed by atoms with Gasteiger partial charge in [0.25, 0.3) is 0 Å². The van der Waals surface area contributed by atoms with Gasteiger partial charge in [-0.1, -0.05) is 18.2 Å². The summed E-state index contributed by atoms with van der Waals surface area (Å²) in [5.74, 6) is 0.198. The van der Waals surface area contributed by atoms with Gasteiger partial charge >= 0.3 is 5.97 Å². The Labute approximate surface area is 105 Å². The van der Waals surface area contributed by atoms with Crippen molar-refractivity contribution in [1.29, 1.82) is 0 Å². The summed E-state index contributed by atoms with van der Waals surface area (Å²) in [6, 6.07) is 9.77. The van der Waals surface area contributed by atoms with Gasteiger partial charge in [-0.05, 0) is 42.8 Å². The maximum absolute atomic E-state index is 11.2. The molecule has 0 bridgehead atoms. The molecule has 0 radical (unpaired) electrons. The van der Waals surface area contributed by atoms with Crippen molar-refractivity contribution < 1.29 is 14.6 Å². The minimum absolute atomic E-state index is 0.129. The van der Waals surface area contributed by atoms with Gasteiger partial charge in [-0.2, -0.15) is 4.89 Å². The number of rotatable bonds is 7. The van der Waals surface area contributed by atoms with Crippen LogP contribution in [-0.4, -0.2) is 19.1 Å². The van der Waals surface area contributed by atoms with E-state index in [0.717, 1.165) is 4.90 Å². The van der Waals surface area contributed by atoms with Gasteiger partial charge in [-0.25, -0.2) is 9.52 Å². The predicted molar refractivity (Wildman–Crippen MR) is 65.1 cm³/mol. The summed E-state index contributed by atoms with van der Waals surface area (Å²) in [6.45, 7) is 0.655. The maximum atomic E-state index is 11.2. The molecule has 2 rings (SSSR count). The van der Waals surface area contributed by atoms with Crippen molar-refractivity contribution in [1.82, 2.24) is 4.72 Å². The number of carbonyl (C=O) groups excluding carboxylic acids is 1. The van der Waals surface area contributed by atoms with Crippen LogP contribution in [0.1, 0.15) is 12.8 Å². The van der Waals surface area contributed by atoms with Gasteiger partial charge in [0, 0.05) is 4.90 Å². The molecule has 0 spiro atoms. The van der Waals surface area contributed by atoms with Crippen molar-refractivity contribution >= 4 is 17.9 Å². The Kier molecular flexibility index (Phi) is 4.85. The Bertz CT molecular complexity index is 354. The fourth-order valence-corrected chi connectivity index (χ4v) is 1.83. The zero-order valence-electron chi connectivity index (χ0n) is 9.43. The van der Waals surface area contributed by atoms with Crippen LogP contribution in [0.2, 0.25) is 0 Å². The van der Waals surface area contributed by atoms with Gasteiger partial charge < -0.3 is 0 Å². The summed E-state index contributed by atoms with van der Waals surface area (Å²) in [5, 5.41) is 0. The summed E-state index contributed by atoms with van der Waals surface area (Å²) < 4.78 is 2.92. The number of nitrogens with one attached hydrogen (secondary N) is 1. The SMILES string of the molecule is O=C(CNSc1ccccc1)OOCC1CC1. The predicted octanol–water partition coefficient (Wildman–Crippen LogP) is 2.17. The average molecular weight is 253 g/mol. The van der Waals surface area contributed by atoms with E-state index < -0.39 is 5.97 Å². The molecule has 5 heteroatoms. The van der Waals surface area contributed by atoms with Crippen molar-refractivity contribution in [3.05, 3.63) is 30.3 Å². The van der Waals surface area contributed by atoms with E-state index in [1.54, 1.807) is 0 Å². The molecular weight excluding hydrogens is 238 g/mol. The molecule has 1 aliphatic carbocycles. The minimum Gasteiger partial charge on any atom is -0.297 e. The van der Waals surface area contributed by atoms with E-state index in [0.29, 0.717) is 12.5 Å². The summed E-state index contributed by atoms with van der Waals surface area (Å²) in [6.07, 6.45) is 2.36. The first-order chi connectivity index (χ1) is 8.34. The smallest absolute Gasteiger partial charge is 0.297 e. The molecule has 0 aliphatic heterocycles. The van der Waals surface area contributed by atoms with Crippen molar-refractivity contribution in [3.8, 4) is 0 Å². The van der Waals surface area contributed by atoms with Crippen molar-refractivity contribution in [2.45, 2.75) is 17.7 Å². The maximum Gasteiger partial charge on any atom is 0.356 e. The molecule has 1 aromatic rings. The molecule has 0 unspecified atom stereocenters. The van der Waals surface area contributed by atoms with Crippen LogP contribution in [-0.2, 0) is 14.6 Å². The highest BCUT2D eigenvalue weighted by molar-refractivity contribution is 7.97. The standard InChI is InChI=1S/C12H15NO3S/c14-12(16-15-9-10-6-7-10)8-13-17-11-4-2-1-3-5-11/h1-5,10,13H,6-9H2. The van der Waals surface area contributed by atoms with E-state index in [4.69, 9.17) is 4.89 Å². The van der Waals surface area contributed by atoms with Crippen LogP contribution in [0.4, 0.5) is 0 Å². The normalized spacial score (nSPS) is 14.6. The molecule has 0 heterocycles. The highest BCUT2D eigenvalue weighted by Crippen LogP contribution is 2.28. The zero-order chi connectivity index (χ0) is 11.9. The van der Waals surface area contributed by atoms with Gasteiger partial charge in [0.1, 0.15) is 6.54 Å². The monoisotopic (exact) mass is 253 g/mol. The molecule has 1 fully saturated rings. The van der Waals surface area contributed by atoms with Crippen molar-refractivity contribution in [2.75, 3.05) is 13.2 Å². The van der Waals surface area contributed by atoms with Gasteiger partial charge in [-0.3, -0.25) is 4.89 Å². The Morgan fingerprint density at radius 2 is 2.12 bits per heavy atom. The summed E-state index contributed by atoms with van der Waals surface area (Å²) in [7, 11) is 0. The van der Waals surface area contributed by atoms with Gasteiger partial charge in [-0.15, -0.1) is 0 Å². The molecule has 1 aromatic carbocycles. The van der Waals surface area contributed by atoms with Gasteiger partial charge in [0.2, 0.25) is 0 Å². The topological polar surface area (TPSA) is 47.6 Å². The van der Waals surface area contributed by atoms with Crippen LogP contribution in [0.15, 0.2) is 35.2 Å². The lowest BCUT2D eigenvalue weighted by Crippen LogP contribution is -2.20. The fraction of sp³-hybridized carbons (Fsp3) is 0.417. The molecule has 0 atom stereocenters. The first-order valence-electron chi connectivity index (χ1n) is 5.61. The number of benzene rings is 1. The molecule has 0 amide bonds. The van der Waals surface area contributed by atoms with Crippen LogP contribution < -0.4 is 4.72 Å². The van der Waals surface area contributed by atoms with E-state index in [-0.39, 0.29) is 6.54 Å². The molecule has 17 heavy (non-hydrogen) atoms. The Morgan fingerprint density at radius 3 is 2.82 bits per heavy atom. The van der Waals surface area contributed by atoms with E-state index in [9.17, 15) is 4.79 Å². The highest BCUT2D eigenvalue weighted by Gasteiger charge is 2.22. The van der Waals surface area contributed by atoms with Crippen LogP contribution in [0.5, 0.6) is 0 Å². The van der Waals surface area contributed by atoms with E-state index in [1.807, 2.05) is 30.3 Å². The number of hydrogen-bond donors (Lipinski definition) is 1. The minimum atomic E-state index is -0.394. The lowest BCUT2D eigenvalue weighted by atomic mass is 10.4. The van der Waals surface area contributed by atoms with Crippen molar-refractivity contribution in [3.63, 3.8) is 0 Å². The van der Waals surface area contributed by atoms with E-state index in [2.05, 4.69) is 9.61 Å². The first-order valence-corrected chi connectivity index (χ1v) is 6.43. The van der Waals surface area contributed by atoms with Crippen molar-refractivity contribution in [2.24, 2.45) is 5.92 Å². The first kappa shape index (κ1) is 12.4. The largest absolute Gasteiger partial charge is 0.356 e. The summed E-state index contributed by atoms with van der Waals surface area (Å²) in [4.78, 5) is 21.7. The van der Waals surface area contributed by atoms with E-state index in [1.165, 1.54) is 24.8 Å². The second kappa shape index (κ2) is 6.64. The molecule has 0 aromatic heterocycles. The average Bonchev–Trinajstić information content (AvgIpc) is 3.14. The Hall–Kier alpha value is -1.04. The molecule has 1 N–H and O–H groups in total. The van der Waals surface area contributed by atoms with Crippen LogP contribution in [0.3, 0.4) is 0 Å². The third-order valence-electron chi connectivity index (χ3n) is 2.30. The van der Waals surface area contributed by atoms with Gasteiger partial charge in [0.15, 0.2) is 0 Å². The van der Waals surface area contributed by atoms with Crippen LogP contribution in [0, 0.1) is 5.92 Å². The summed E-state index contributed by atoms with van der Waals surface area (Å²) in [5.41, 5.74) is 0. The summed E-state index contributed by atoms with van der Waals surface area (Å²) >= 11 is 1.39. The van der Waals surface area contributed by atoms with E-state index >= 15 is 0 Å². The second-order valence-electron chi connectivity index (χ2n) is 3.92. The third kappa shape index (κ3) is 5.21. The van der Waals surface area contributed by atoms with Crippen LogP contribution >= 0.6 is 11.9 Å². The zero-order valence-corrected chi connectivity index (χ0v) is 10.2. The van der Waals surface area contributed by atoms with Crippen LogP contribution in [0.25, 0.3) is 0 Å². The van der Waals surface area contributed by atoms with Gasteiger partial charge in [0.05, 0.1) is 6.61 Å². The number of hydrogen-bond acceptors (Lipinski definition) is 5. The number of carbonyl (C=O) groups is 1. The lowest BCUT2D eigenvalue weighted by molar-refractivity contribution is -0.273. The molecule has 4 nitrogen and oxygen atoms in total. The molecule has 1 saturated carbocycles. The Balaban J connectivity index is 1.53. The highest BCUT2D eigenvalue weighted by atomic mass is 32.2. The second-order valence-corrected chi connectivity index (χ2v) is 4.88. The third-order valence-corrected chi connectivity index (χ3v) is 3.10. The molecule has 1 aliphatic rings. The fourth-order valence-electron chi connectivity index (χ4n) is 1.18.